The van der Waals surface area contributed by atoms with Crippen molar-refractivity contribution in [1.82, 2.24) is 4.90 Å². The Morgan fingerprint density at radius 1 is 1.29 bits per heavy atom. The molecule has 0 N–H and O–H groups in total. The minimum absolute atomic E-state index is 0.208. The smallest absolute Gasteiger partial charge is 0.0700 e. The first kappa shape index (κ1) is 10.4. The van der Waals surface area contributed by atoms with Crippen molar-refractivity contribution < 1.29 is 4.74 Å². The Balaban J connectivity index is 1.77. The van der Waals surface area contributed by atoms with Gasteiger partial charge in [0.2, 0.25) is 0 Å². The number of hydrogen-bond donors (Lipinski definition) is 0. The molecule has 0 aromatic rings. The normalized spacial score (nSPS) is 27.9. The molecule has 2 aliphatic rings. The van der Waals surface area contributed by atoms with Crippen LogP contribution in [-0.2, 0) is 4.74 Å². The van der Waals surface area contributed by atoms with Crippen LogP contribution in [0.4, 0.5) is 0 Å². The van der Waals surface area contributed by atoms with Crippen LogP contribution in [0.2, 0.25) is 0 Å². The second kappa shape index (κ2) is 4.19. The van der Waals surface area contributed by atoms with Crippen molar-refractivity contribution in [2.75, 3.05) is 26.7 Å². The van der Waals surface area contributed by atoms with Crippen molar-refractivity contribution >= 4 is 0 Å². The predicted octanol–water partition coefficient (Wildman–Crippen LogP) is 2.29. The summed E-state index contributed by atoms with van der Waals surface area (Å²) in [4.78, 5) is 2.63. The van der Waals surface area contributed by atoms with Gasteiger partial charge in [0.25, 0.3) is 0 Å². The van der Waals surface area contributed by atoms with Gasteiger partial charge in [0.15, 0.2) is 0 Å². The van der Waals surface area contributed by atoms with Gasteiger partial charge in [-0.15, -0.1) is 0 Å². The summed E-state index contributed by atoms with van der Waals surface area (Å²) in [7, 11) is 1.88. The molecule has 0 atom stereocenters. The van der Waals surface area contributed by atoms with Crippen LogP contribution in [0.5, 0.6) is 0 Å². The lowest BCUT2D eigenvalue weighted by atomic mass is 9.88. The summed E-state index contributed by atoms with van der Waals surface area (Å²) in [6.45, 7) is 6.10. The minimum Gasteiger partial charge on any atom is -0.378 e. The van der Waals surface area contributed by atoms with E-state index in [0.29, 0.717) is 0 Å². The third kappa shape index (κ3) is 2.29. The zero-order chi connectivity index (χ0) is 10.0. The quantitative estimate of drug-likeness (QED) is 0.685. The summed E-state index contributed by atoms with van der Waals surface area (Å²) in [6, 6.07) is 0. The average molecular weight is 197 g/mol. The molecule has 1 aliphatic heterocycles. The summed E-state index contributed by atoms with van der Waals surface area (Å²) in [6.07, 6.45) is 6.57. The molecule has 0 radical (unpaired) electrons. The molecule has 0 bridgehead atoms. The molecule has 1 heterocycles. The Bertz CT molecular complexity index is 175. The van der Waals surface area contributed by atoms with Crippen LogP contribution in [0.3, 0.4) is 0 Å². The highest BCUT2D eigenvalue weighted by molar-refractivity contribution is 4.88. The fraction of sp³-hybridized carbons (Fsp3) is 1.00. The van der Waals surface area contributed by atoms with E-state index in [2.05, 4.69) is 11.8 Å². The van der Waals surface area contributed by atoms with E-state index < -0.39 is 0 Å². The first-order valence-corrected chi connectivity index (χ1v) is 6.05. The summed E-state index contributed by atoms with van der Waals surface area (Å²) < 4.78 is 5.67. The van der Waals surface area contributed by atoms with Gasteiger partial charge in [-0.1, -0.05) is 6.92 Å². The number of rotatable bonds is 4. The third-order valence-corrected chi connectivity index (χ3v) is 4.06. The maximum Gasteiger partial charge on any atom is 0.0700 e. The topological polar surface area (TPSA) is 12.5 Å². The maximum atomic E-state index is 5.67. The highest BCUT2D eigenvalue weighted by Crippen LogP contribution is 2.33. The number of methoxy groups -OCH3 is 1. The van der Waals surface area contributed by atoms with Crippen LogP contribution >= 0.6 is 0 Å². The van der Waals surface area contributed by atoms with Gasteiger partial charge in [0.05, 0.1) is 5.60 Å². The van der Waals surface area contributed by atoms with E-state index in [-0.39, 0.29) is 5.60 Å². The first-order valence-electron chi connectivity index (χ1n) is 6.05. The minimum atomic E-state index is 0.208. The molecule has 2 fully saturated rings. The molecule has 0 aromatic carbocycles. The highest BCUT2D eigenvalue weighted by Gasteiger charge is 2.34. The molecule has 0 aromatic heterocycles. The summed E-state index contributed by atoms with van der Waals surface area (Å²) in [5.41, 5.74) is 0.208. The molecule has 0 spiro atoms. The highest BCUT2D eigenvalue weighted by atomic mass is 16.5. The largest absolute Gasteiger partial charge is 0.378 e. The molecule has 14 heavy (non-hydrogen) atoms. The van der Waals surface area contributed by atoms with Gasteiger partial charge >= 0.3 is 0 Å². The fourth-order valence-corrected chi connectivity index (χ4v) is 2.51. The summed E-state index contributed by atoms with van der Waals surface area (Å²) in [5, 5.41) is 0. The predicted molar refractivity (Wildman–Crippen MR) is 58.4 cm³/mol. The van der Waals surface area contributed by atoms with E-state index in [1.54, 1.807) is 0 Å². The number of nitrogens with zero attached hydrogens (tertiary/aromatic N) is 1. The Morgan fingerprint density at radius 2 is 1.93 bits per heavy atom. The summed E-state index contributed by atoms with van der Waals surface area (Å²) >= 11 is 0. The van der Waals surface area contributed by atoms with E-state index in [4.69, 9.17) is 4.74 Å². The van der Waals surface area contributed by atoms with Crippen molar-refractivity contribution in [3.05, 3.63) is 0 Å². The second-order valence-corrected chi connectivity index (χ2v) is 4.98. The molecule has 2 heteroatoms. The zero-order valence-corrected chi connectivity index (χ0v) is 9.59. The van der Waals surface area contributed by atoms with Crippen LogP contribution in [-0.4, -0.2) is 37.2 Å². The standard InChI is InChI=1S/C12H23NO/c1-3-12(14-2)6-8-13(9-7-12)10-11-4-5-11/h11H,3-10H2,1-2H3. The van der Waals surface area contributed by atoms with Crippen LogP contribution in [0.1, 0.15) is 39.0 Å². The maximum absolute atomic E-state index is 5.67. The van der Waals surface area contributed by atoms with E-state index in [9.17, 15) is 0 Å². The lowest BCUT2D eigenvalue weighted by Crippen LogP contribution is -2.45. The molecule has 1 saturated carbocycles. The Morgan fingerprint density at radius 3 is 2.36 bits per heavy atom. The van der Waals surface area contributed by atoms with Gasteiger partial charge in [-0.05, 0) is 38.0 Å². The van der Waals surface area contributed by atoms with Crippen LogP contribution in [0.15, 0.2) is 0 Å². The molecular formula is C12H23NO. The average Bonchev–Trinajstić information content (AvgIpc) is 3.04. The van der Waals surface area contributed by atoms with Crippen molar-refractivity contribution in [3.63, 3.8) is 0 Å². The number of likely N-dealkylation sites (tertiary alicyclic amines) is 1. The van der Waals surface area contributed by atoms with Crippen LogP contribution < -0.4 is 0 Å². The molecule has 0 amide bonds. The van der Waals surface area contributed by atoms with Crippen molar-refractivity contribution in [3.8, 4) is 0 Å². The van der Waals surface area contributed by atoms with Crippen molar-refractivity contribution in [2.45, 2.75) is 44.6 Å². The van der Waals surface area contributed by atoms with Gasteiger partial charge in [-0.3, -0.25) is 0 Å². The monoisotopic (exact) mass is 197 g/mol. The second-order valence-electron chi connectivity index (χ2n) is 4.98. The fourth-order valence-electron chi connectivity index (χ4n) is 2.51. The van der Waals surface area contributed by atoms with Crippen molar-refractivity contribution in [1.29, 1.82) is 0 Å². The Kier molecular flexibility index (Phi) is 3.13. The molecule has 1 aliphatic carbocycles. The lowest BCUT2D eigenvalue weighted by molar-refractivity contribution is -0.0599. The Labute approximate surface area is 87.6 Å². The zero-order valence-electron chi connectivity index (χ0n) is 9.59. The van der Waals surface area contributed by atoms with Gasteiger partial charge < -0.3 is 9.64 Å². The molecule has 2 rings (SSSR count). The van der Waals surface area contributed by atoms with E-state index in [0.717, 1.165) is 5.92 Å². The number of ether oxygens (including phenoxy) is 1. The SMILES string of the molecule is CCC1(OC)CCN(CC2CC2)CC1. The molecular weight excluding hydrogens is 174 g/mol. The van der Waals surface area contributed by atoms with Crippen LogP contribution in [0.25, 0.3) is 0 Å². The van der Waals surface area contributed by atoms with Gasteiger partial charge in [0.1, 0.15) is 0 Å². The lowest BCUT2D eigenvalue weighted by Gasteiger charge is -2.40. The Hall–Kier alpha value is -0.0800. The molecule has 0 unspecified atom stereocenters. The van der Waals surface area contributed by atoms with Gasteiger partial charge in [-0.2, -0.15) is 0 Å². The molecule has 2 nitrogen and oxygen atoms in total. The van der Waals surface area contributed by atoms with E-state index in [1.165, 1.54) is 51.7 Å². The number of piperidine rings is 1. The molecule has 1 saturated heterocycles. The van der Waals surface area contributed by atoms with Crippen molar-refractivity contribution in [2.24, 2.45) is 5.92 Å². The van der Waals surface area contributed by atoms with Gasteiger partial charge in [0, 0.05) is 26.7 Å². The summed E-state index contributed by atoms with van der Waals surface area (Å²) in [5.74, 6) is 1.03. The number of hydrogen-bond acceptors (Lipinski definition) is 2. The van der Waals surface area contributed by atoms with E-state index in [1.807, 2.05) is 7.11 Å². The first-order chi connectivity index (χ1) is 6.78. The van der Waals surface area contributed by atoms with E-state index >= 15 is 0 Å². The van der Waals surface area contributed by atoms with Gasteiger partial charge in [-0.25, -0.2) is 0 Å². The third-order valence-electron chi connectivity index (χ3n) is 4.06. The molecule has 82 valence electrons. The van der Waals surface area contributed by atoms with Crippen LogP contribution in [0, 0.1) is 5.92 Å².